The number of hydrogen-bond donors (Lipinski definition) is 0. The first-order valence-corrected chi connectivity index (χ1v) is 10.8. The Balaban J connectivity index is 1.50. The zero-order valence-corrected chi connectivity index (χ0v) is 17.7. The smallest absolute Gasteiger partial charge is 0.230 e. The highest BCUT2D eigenvalue weighted by molar-refractivity contribution is 5.95. The van der Waals surface area contributed by atoms with Gasteiger partial charge in [-0.2, -0.15) is 5.10 Å². The van der Waals surface area contributed by atoms with Crippen molar-refractivity contribution in [1.29, 1.82) is 0 Å². The van der Waals surface area contributed by atoms with Gasteiger partial charge >= 0.3 is 0 Å². The highest BCUT2D eigenvalue weighted by atomic mass is 16.5. The van der Waals surface area contributed by atoms with Gasteiger partial charge in [-0.25, -0.2) is 9.97 Å². The molecular weight excluding hydrogens is 400 g/mol. The van der Waals surface area contributed by atoms with Gasteiger partial charge in [0.05, 0.1) is 24.3 Å². The Morgan fingerprint density at radius 1 is 0.938 bits per heavy atom. The van der Waals surface area contributed by atoms with Crippen molar-refractivity contribution in [1.82, 2.24) is 19.7 Å². The first-order valence-electron chi connectivity index (χ1n) is 10.8. The normalized spacial score (nSPS) is 14.0. The molecule has 6 heteroatoms. The molecule has 158 valence electrons. The standard InChI is InChI=1S/C26H22N4O2/c1-17-7-9-20(10-8-17)24-22(13-30(29-24)12-18-14-31-15-18)25-21-11-23(19-5-3-2-4-6-19)32-26(21)28-16-27-25/h2-11,13,16,18H,12,14-15H2,1H3. The number of aromatic nitrogens is 4. The van der Waals surface area contributed by atoms with E-state index >= 15 is 0 Å². The molecule has 6 rings (SSSR count). The van der Waals surface area contributed by atoms with E-state index in [1.165, 1.54) is 5.56 Å². The molecule has 0 amide bonds. The monoisotopic (exact) mass is 422 g/mol. The van der Waals surface area contributed by atoms with Crippen LogP contribution in [0.3, 0.4) is 0 Å². The molecule has 6 nitrogen and oxygen atoms in total. The van der Waals surface area contributed by atoms with Crippen LogP contribution < -0.4 is 0 Å². The van der Waals surface area contributed by atoms with Gasteiger partial charge in [-0.15, -0.1) is 0 Å². The largest absolute Gasteiger partial charge is 0.438 e. The Bertz CT molecular complexity index is 1380. The van der Waals surface area contributed by atoms with Crippen LogP contribution in [0.25, 0.3) is 44.9 Å². The number of benzene rings is 2. The second-order valence-electron chi connectivity index (χ2n) is 8.30. The Morgan fingerprint density at radius 3 is 2.50 bits per heavy atom. The Morgan fingerprint density at radius 2 is 1.75 bits per heavy atom. The summed E-state index contributed by atoms with van der Waals surface area (Å²) in [6.07, 6.45) is 3.65. The highest BCUT2D eigenvalue weighted by Crippen LogP contribution is 2.37. The maximum Gasteiger partial charge on any atom is 0.230 e. The van der Waals surface area contributed by atoms with E-state index in [1.54, 1.807) is 6.33 Å². The Kier molecular flexibility index (Phi) is 4.58. The van der Waals surface area contributed by atoms with Gasteiger partial charge in [-0.1, -0.05) is 60.2 Å². The molecule has 0 radical (unpaired) electrons. The van der Waals surface area contributed by atoms with Gasteiger partial charge in [-0.05, 0) is 13.0 Å². The number of ether oxygens (including phenoxy) is 1. The van der Waals surface area contributed by atoms with Crippen molar-refractivity contribution < 1.29 is 9.15 Å². The molecule has 0 saturated carbocycles. The number of furan rings is 1. The van der Waals surface area contributed by atoms with Gasteiger partial charge in [0, 0.05) is 35.3 Å². The van der Waals surface area contributed by atoms with Crippen LogP contribution in [0.4, 0.5) is 0 Å². The average molecular weight is 422 g/mol. The quantitative estimate of drug-likeness (QED) is 0.381. The van der Waals surface area contributed by atoms with Gasteiger partial charge < -0.3 is 9.15 Å². The van der Waals surface area contributed by atoms with Crippen LogP contribution in [0, 0.1) is 12.8 Å². The maximum atomic E-state index is 6.08. The lowest BCUT2D eigenvalue weighted by Gasteiger charge is -2.25. The summed E-state index contributed by atoms with van der Waals surface area (Å²) >= 11 is 0. The van der Waals surface area contributed by atoms with Crippen molar-refractivity contribution in [2.75, 3.05) is 13.2 Å². The van der Waals surface area contributed by atoms with Crippen molar-refractivity contribution in [2.24, 2.45) is 5.92 Å². The van der Waals surface area contributed by atoms with E-state index < -0.39 is 0 Å². The van der Waals surface area contributed by atoms with Gasteiger partial charge in [0.25, 0.3) is 0 Å². The lowest BCUT2D eigenvalue weighted by atomic mass is 10.0. The molecule has 2 aromatic carbocycles. The van der Waals surface area contributed by atoms with Crippen molar-refractivity contribution in [3.05, 3.63) is 78.8 Å². The summed E-state index contributed by atoms with van der Waals surface area (Å²) in [6, 6.07) is 20.5. The minimum absolute atomic E-state index is 0.498. The number of aryl methyl sites for hydroxylation is 1. The third kappa shape index (κ3) is 3.39. The maximum absolute atomic E-state index is 6.08. The van der Waals surface area contributed by atoms with Crippen LogP contribution in [-0.4, -0.2) is 33.0 Å². The second-order valence-corrected chi connectivity index (χ2v) is 8.30. The molecule has 1 saturated heterocycles. The van der Waals surface area contributed by atoms with Crippen LogP contribution in [0.2, 0.25) is 0 Å². The van der Waals surface area contributed by atoms with Crippen LogP contribution in [0.15, 0.2) is 77.6 Å². The molecule has 1 fully saturated rings. The topological polar surface area (TPSA) is 66.0 Å². The zero-order chi connectivity index (χ0) is 21.5. The Labute approximate surface area is 185 Å². The molecule has 0 N–H and O–H groups in total. The molecule has 0 atom stereocenters. The average Bonchev–Trinajstić information content (AvgIpc) is 3.42. The van der Waals surface area contributed by atoms with E-state index in [1.807, 2.05) is 41.1 Å². The predicted molar refractivity (Wildman–Crippen MR) is 123 cm³/mol. The zero-order valence-electron chi connectivity index (χ0n) is 17.7. The van der Waals surface area contributed by atoms with Gasteiger partial charge in [0.1, 0.15) is 17.8 Å². The molecular formula is C26H22N4O2. The molecule has 5 aromatic rings. The first-order chi connectivity index (χ1) is 15.7. The second kappa shape index (κ2) is 7.73. The summed E-state index contributed by atoms with van der Waals surface area (Å²) < 4.78 is 13.5. The van der Waals surface area contributed by atoms with E-state index in [0.717, 1.165) is 59.0 Å². The molecule has 0 spiro atoms. The summed E-state index contributed by atoms with van der Waals surface area (Å²) in [5.74, 6) is 1.27. The first kappa shape index (κ1) is 19.0. The lowest BCUT2D eigenvalue weighted by Crippen LogP contribution is -2.31. The lowest BCUT2D eigenvalue weighted by molar-refractivity contribution is -0.0408. The molecule has 0 unspecified atom stereocenters. The van der Waals surface area contributed by atoms with Gasteiger partial charge in [-0.3, -0.25) is 4.68 Å². The number of nitrogens with zero attached hydrogens (tertiary/aromatic N) is 4. The highest BCUT2D eigenvalue weighted by Gasteiger charge is 2.23. The van der Waals surface area contributed by atoms with Gasteiger partial charge in [0.15, 0.2) is 0 Å². The summed E-state index contributed by atoms with van der Waals surface area (Å²) in [6.45, 7) is 4.49. The summed E-state index contributed by atoms with van der Waals surface area (Å²) in [4.78, 5) is 9.05. The molecule has 4 heterocycles. The fourth-order valence-electron chi connectivity index (χ4n) is 4.08. The van der Waals surface area contributed by atoms with E-state index in [2.05, 4.69) is 47.4 Å². The molecule has 3 aromatic heterocycles. The van der Waals surface area contributed by atoms with E-state index in [4.69, 9.17) is 14.3 Å². The predicted octanol–water partition coefficient (Wildman–Crippen LogP) is 5.38. The summed E-state index contributed by atoms with van der Waals surface area (Å²) in [5, 5.41) is 5.83. The number of hydrogen-bond acceptors (Lipinski definition) is 5. The van der Waals surface area contributed by atoms with Crippen molar-refractivity contribution >= 4 is 11.1 Å². The number of fused-ring (bicyclic) bond motifs is 1. The van der Waals surface area contributed by atoms with Crippen molar-refractivity contribution in [2.45, 2.75) is 13.5 Å². The molecule has 0 bridgehead atoms. The van der Waals surface area contributed by atoms with Crippen LogP contribution in [-0.2, 0) is 11.3 Å². The number of rotatable bonds is 5. The van der Waals surface area contributed by atoms with Crippen LogP contribution in [0.5, 0.6) is 0 Å². The van der Waals surface area contributed by atoms with Crippen molar-refractivity contribution in [3.63, 3.8) is 0 Å². The SMILES string of the molecule is Cc1ccc(-c2nn(CC3COC3)cc2-c2ncnc3oc(-c4ccccc4)cc23)cc1. The van der Waals surface area contributed by atoms with E-state index in [-0.39, 0.29) is 0 Å². The van der Waals surface area contributed by atoms with Crippen LogP contribution in [0.1, 0.15) is 5.56 Å². The molecule has 1 aliphatic heterocycles. The summed E-state index contributed by atoms with van der Waals surface area (Å²) in [5.41, 5.74) is 6.57. The Hall–Kier alpha value is -3.77. The molecule has 1 aliphatic rings. The van der Waals surface area contributed by atoms with E-state index in [0.29, 0.717) is 11.6 Å². The summed E-state index contributed by atoms with van der Waals surface area (Å²) in [7, 11) is 0. The van der Waals surface area contributed by atoms with Gasteiger partial charge in [0.2, 0.25) is 5.71 Å². The van der Waals surface area contributed by atoms with E-state index in [9.17, 15) is 0 Å². The fourth-order valence-corrected chi connectivity index (χ4v) is 4.08. The minimum Gasteiger partial charge on any atom is -0.438 e. The third-order valence-corrected chi connectivity index (χ3v) is 5.88. The molecule has 32 heavy (non-hydrogen) atoms. The van der Waals surface area contributed by atoms with Crippen molar-refractivity contribution in [3.8, 4) is 33.8 Å². The minimum atomic E-state index is 0.498. The van der Waals surface area contributed by atoms with Crippen LogP contribution >= 0.6 is 0 Å². The fraction of sp³-hybridized carbons (Fsp3) is 0.192. The third-order valence-electron chi connectivity index (χ3n) is 5.88. The molecule has 0 aliphatic carbocycles.